The first-order valence-electron chi connectivity index (χ1n) is 8.31. The zero-order valence-electron chi connectivity index (χ0n) is 13.0. The summed E-state index contributed by atoms with van der Waals surface area (Å²) in [6.07, 6.45) is 4.50. The van der Waals surface area contributed by atoms with Gasteiger partial charge in [0.25, 0.3) is 0 Å². The van der Waals surface area contributed by atoms with Crippen LogP contribution in [0.2, 0.25) is 0 Å². The second-order valence-corrected chi connectivity index (χ2v) is 8.27. The van der Waals surface area contributed by atoms with Gasteiger partial charge in [-0.1, -0.05) is 0 Å². The van der Waals surface area contributed by atoms with Gasteiger partial charge in [-0.15, -0.1) is 0 Å². The molecule has 0 aromatic heterocycles. The first-order valence-corrected chi connectivity index (χ1v) is 9.47. The summed E-state index contributed by atoms with van der Waals surface area (Å²) in [5.41, 5.74) is -1.16. The number of rotatable bonds is 3. The summed E-state index contributed by atoms with van der Waals surface area (Å²) >= 11 is 2.00. The molecule has 3 fully saturated rings. The van der Waals surface area contributed by atoms with Crippen LogP contribution >= 0.6 is 11.8 Å². The van der Waals surface area contributed by atoms with Crippen molar-refractivity contribution in [3.63, 3.8) is 0 Å². The Morgan fingerprint density at radius 3 is 2.86 bits per heavy atom. The normalized spacial score (nSPS) is 36.3. The fourth-order valence-electron chi connectivity index (χ4n) is 4.03. The van der Waals surface area contributed by atoms with Crippen LogP contribution in [-0.4, -0.2) is 55.2 Å². The highest BCUT2D eigenvalue weighted by Crippen LogP contribution is 2.45. The summed E-state index contributed by atoms with van der Waals surface area (Å²) in [6.45, 7) is 4.76. The molecule has 0 radical (unpaired) electrons. The number of hydrogen-bond donors (Lipinski definition) is 1. The highest BCUT2D eigenvalue weighted by molar-refractivity contribution is 7.99. The molecular formula is C16H28FNO2S. The minimum Gasteiger partial charge on any atom is -0.379 e. The molecule has 3 unspecified atom stereocenters. The maximum atomic E-state index is 15.3. The molecule has 0 bridgehead atoms. The van der Waals surface area contributed by atoms with Crippen molar-refractivity contribution in [3.05, 3.63) is 0 Å². The fourth-order valence-corrected chi connectivity index (χ4v) is 5.27. The quantitative estimate of drug-likeness (QED) is 0.867. The molecule has 0 amide bonds. The Morgan fingerprint density at radius 2 is 2.14 bits per heavy atom. The standard InChI is InChI=1S/C16H28FNO2S/c1-15(17,11-14-12-19-7-5-18-14)13-2-6-20-16(10-13)3-8-21-9-4-16/h13-14,18H,2-12H2,1H3. The number of halogens is 1. The molecule has 21 heavy (non-hydrogen) atoms. The van der Waals surface area contributed by atoms with Crippen molar-refractivity contribution in [1.29, 1.82) is 0 Å². The molecule has 0 aliphatic carbocycles. The molecule has 3 aliphatic rings. The van der Waals surface area contributed by atoms with E-state index in [4.69, 9.17) is 9.47 Å². The topological polar surface area (TPSA) is 30.5 Å². The van der Waals surface area contributed by atoms with Gasteiger partial charge in [-0.25, -0.2) is 4.39 Å². The lowest BCUT2D eigenvalue weighted by atomic mass is 9.73. The van der Waals surface area contributed by atoms with Crippen LogP contribution in [0.3, 0.4) is 0 Å². The van der Waals surface area contributed by atoms with Crippen molar-refractivity contribution < 1.29 is 13.9 Å². The van der Waals surface area contributed by atoms with Crippen LogP contribution in [0.1, 0.15) is 39.0 Å². The van der Waals surface area contributed by atoms with Gasteiger partial charge in [0.1, 0.15) is 5.67 Å². The summed E-state index contributed by atoms with van der Waals surface area (Å²) < 4.78 is 26.9. The van der Waals surface area contributed by atoms with Crippen molar-refractivity contribution in [2.24, 2.45) is 5.92 Å². The van der Waals surface area contributed by atoms with Crippen molar-refractivity contribution >= 4 is 11.8 Å². The van der Waals surface area contributed by atoms with Crippen LogP contribution in [0.5, 0.6) is 0 Å². The molecule has 1 N–H and O–H groups in total. The molecule has 3 heterocycles. The Morgan fingerprint density at radius 1 is 1.33 bits per heavy atom. The smallest absolute Gasteiger partial charge is 0.112 e. The lowest BCUT2D eigenvalue weighted by Crippen LogP contribution is -2.51. The van der Waals surface area contributed by atoms with Crippen LogP contribution in [-0.2, 0) is 9.47 Å². The zero-order valence-corrected chi connectivity index (χ0v) is 13.9. The minimum absolute atomic E-state index is 0.0298. The Labute approximate surface area is 131 Å². The van der Waals surface area contributed by atoms with Gasteiger partial charge in [0.15, 0.2) is 0 Å². The highest BCUT2D eigenvalue weighted by atomic mass is 32.2. The first kappa shape index (κ1) is 16.0. The molecule has 5 heteroatoms. The summed E-state index contributed by atoms with van der Waals surface area (Å²) in [4.78, 5) is 0. The Bertz CT molecular complexity index is 336. The molecule has 0 saturated carbocycles. The molecular weight excluding hydrogens is 289 g/mol. The number of morpholine rings is 1. The van der Waals surface area contributed by atoms with E-state index < -0.39 is 5.67 Å². The van der Waals surface area contributed by atoms with Gasteiger partial charge in [-0.2, -0.15) is 11.8 Å². The molecule has 3 aliphatic heterocycles. The monoisotopic (exact) mass is 317 g/mol. The summed E-state index contributed by atoms with van der Waals surface area (Å²) in [5, 5.41) is 3.39. The SMILES string of the molecule is CC(F)(CC1COCCN1)C1CCOC2(CCSCC2)C1. The van der Waals surface area contributed by atoms with Gasteiger partial charge in [-0.05, 0) is 56.5 Å². The van der Waals surface area contributed by atoms with Gasteiger partial charge in [0.2, 0.25) is 0 Å². The fraction of sp³-hybridized carbons (Fsp3) is 1.00. The average molecular weight is 317 g/mol. The molecule has 3 rings (SSSR count). The van der Waals surface area contributed by atoms with Crippen LogP contribution in [0.15, 0.2) is 0 Å². The van der Waals surface area contributed by atoms with Crippen LogP contribution in [0.25, 0.3) is 0 Å². The lowest BCUT2D eigenvalue weighted by Gasteiger charge is -2.47. The van der Waals surface area contributed by atoms with E-state index in [1.165, 1.54) is 0 Å². The van der Waals surface area contributed by atoms with Crippen LogP contribution < -0.4 is 5.32 Å². The molecule has 3 nitrogen and oxygen atoms in total. The minimum atomic E-state index is -1.13. The maximum Gasteiger partial charge on any atom is 0.112 e. The van der Waals surface area contributed by atoms with Crippen LogP contribution in [0.4, 0.5) is 4.39 Å². The van der Waals surface area contributed by atoms with Crippen molar-refractivity contribution in [2.75, 3.05) is 37.9 Å². The van der Waals surface area contributed by atoms with E-state index in [9.17, 15) is 0 Å². The summed E-state index contributed by atoms with van der Waals surface area (Å²) in [6, 6.07) is 0.162. The Balaban J connectivity index is 1.60. The van der Waals surface area contributed by atoms with Crippen molar-refractivity contribution in [3.8, 4) is 0 Å². The third kappa shape index (κ3) is 3.92. The number of nitrogens with one attached hydrogen (secondary N) is 1. The second-order valence-electron chi connectivity index (χ2n) is 7.04. The lowest BCUT2D eigenvalue weighted by molar-refractivity contribution is -0.129. The highest BCUT2D eigenvalue weighted by Gasteiger charge is 2.46. The molecule has 122 valence electrons. The van der Waals surface area contributed by atoms with E-state index in [0.717, 1.165) is 56.9 Å². The van der Waals surface area contributed by atoms with E-state index in [1.54, 1.807) is 6.92 Å². The van der Waals surface area contributed by atoms with Gasteiger partial charge < -0.3 is 14.8 Å². The molecule has 0 aromatic carbocycles. The van der Waals surface area contributed by atoms with Gasteiger partial charge >= 0.3 is 0 Å². The van der Waals surface area contributed by atoms with E-state index in [1.807, 2.05) is 11.8 Å². The van der Waals surface area contributed by atoms with E-state index in [2.05, 4.69) is 5.32 Å². The maximum absolute atomic E-state index is 15.3. The largest absolute Gasteiger partial charge is 0.379 e. The van der Waals surface area contributed by atoms with Crippen molar-refractivity contribution in [2.45, 2.75) is 56.3 Å². The van der Waals surface area contributed by atoms with E-state index >= 15 is 4.39 Å². The van der Waals surface area contributed by atoms with Gasteiger partial charge in [-0.3, -0.25) is 0 Å². The number of ether oxygens (including phenoxy) is 2. The zero-order chi connectivity index (χ0) is 14.8. The molecule has 1 spiro atoms. The van der Waals surface area contributed by atoms with Crippen LogP contribution in [0, 0.1) is 5.92 Å². The van der Waals surface area contributed by atoms with E-state index in [-0.39, 0.29) is 17.6 Å². The third-order valence-electron chi connectivity index (χ3n) is 5.39. The molecule has 3 saturated heterocycles. The average Bonchev–Trinajstić information content (AvgIpc) is 2.49. The second kappa shape index (κ2) is 6.73. The number of alkyl halides is 1. The third-order valence-corrected chi connectivity index (χ3v) is 6.38. The Hall–Kier alpha value is 0.160. The molecule has 0 aromatic rings. The Kier molecular flexibility index (Phi) is 5.14. The number of thioether (sulfide) groups is 1. The molecule has 3 atom stereocenters. The number of hydrogen-bond acceptors (Lipinski definition) is 4. The van der Waals surface area contributed by atoms with Gasteiger partial charge in [0.05, 0.1) is 18.8 Å². The first-order chi connectivity index (χ1) is 10.1. The predicted octanol–water partition coefficient (Wildman–Crippen LogP) is 2.79. The van der Waals surface area contributed by atoms with Crippen molar-refractivity contribution in [1.82, 2.24) is 5.32 Å². The van der Waals surface area contributed by atoms with Gasteiger partial charge in [0, 0.05) is 19.2 Å². The predicted molar refractivity (Wildman–Crippen MR) is 84.7 cm³/mol. The summed E-state index contributed by atoms with van der Waals surface area (Å²) in [7, 11) is 0. The van der Waals surface area contributed by atoms with E-state index in [0.29, 0.717) is 13.0 Å². The summed E-state index contributed by atoms with van der Waals surface area (Å²) in [5.74, 6) is 2.44.